The number of hydrogen-bond acceptors (Lipinski definition) is 3. The molecule has 24 heavy (non-hydrogen) atoms. The molecule has 3 heterocycles. The number of hydrogen-bond donors (Lipinski definition) is 1. The van der Waals surface area contributed by atoms with Crippen LogP contribution in [0.25, 0.3) is 0 Å². The number of aromatic amines is 1. The fourth-order valence-corrected chi connectivity index (χ4v) is 4.33. The summed E-state index contributed by atoms with van der Waals surface area (Å²) in [5.41, 5.74) is -0.311. The monoisotopic (exact) mass is 337 g/mol. The molecule has 1 aromatic rings. The van der Waals surface area contributed by atoms with Gasteiger partial charge in [-0.15, -0.1) is 0 Å². The maximum atomic E-state index is 12.8. The molecule has 1 aromatic heterocycles. The minimum Gasteiger partial charge on any atom is -0.332 e. The highest BCUT2D eigenvalue weighted by Gasteiger charge is 2.44. The first kappa shape index (κ1) is 15.7. The first-order valence-corrected chi connectivity index (χ1v) is 8.73. The molecule has 7 heteroatoms. The standard InChI is InChI=1S/C17H21F2N3O2/c18-14(19)7-9-5-11-3-4-12(6-9)22(11)17(24)13-8-20-15(10-1-2-10)21-16(13)23/h8-12,14H,1-7H2,(H,20,21,23). The maximum absolute atomic E-state index is 12.8. The van der Waals surface area contributed by atoms with Gasteiger partial charge in [0.15, 0.2) is 0 Å². The quantitative estimate of drug-likeness (QED) is 0.919. The molecule has 2 atom stereocenters. The van der Waals surface area contributed by atoms with E-state index in [4.69, 9.17) is 0 Å². The SMILES string of the molecule is O=C(c1cnc(C2CC2)[nH]c1=O)N1C2CCC1CC(CC(F)F)C2. The van der Waals surface area contributed by atoms with Crippen LogP contribution in [-0.4, -0.2) is 39.3 Å². The van der Waals surface area contributed by atoms with Crippen LogP contribution in [0.2, 0.25) is 0 Å². The summed E-state index contributed by atoms with van der Waals surface area (Å²) in [5.74, 6) is 0.660. The van der Waals surface area contributed by atoms with Crippen molar-refractivity contribution in [2.24, 2.45) is 5.92 Å². The molecule has 2 aliphatic heterocycles. The second-order valence-corrected chi connectivity index (χ2v) is 7.35. The van der Waals surface area contributed by atoms with E-state index >= 15 is 0 Å². The molecule has 2 unspecified atom stereocenters. The van der Waals surface area contributed by atoms with Gasteiger partial charge in [-0.25, -0.2) is 13.8 Å². The Hall–Kier alpha value is -1.79. The van der Waals surface area contributed by atoms with Crippen LogP contribution in [0.3, 0.4) is 0 Å². The Morgan fingerprint density at radius 1 is 1.25 bits per heavy atom. The number of amides is 1. The number of rotatable bonds is 4. The Labute approximate surface area is 138 Å². The highest BCUT2D eigenvalue weighted by atomic mass is 19.3. The van der Waals surface area contributed by atoms with Crippen molar-refractivity contribution in [3.8, 4) is 0 Å². The average Bonchev–Trinajstić information content (AvgIpc) is 3.32. The number of piperidine rings is 1. The Kier molecular flexibility index (Phi) is 3.89. The van der Waals surface area contributed by atoms with E-state index in [0.717, 1.165) is 25.7 Å². The fraction of sp³-hybridized carbons (Fsp3) is 0.706. The van der Waals surface area contributed by atoms with Gasteiger partial charge in [-0.2, -0.15) is 0 Å². The Morgan fingerprint density at radius 3 is 2.46 bits per heavy atom. The summed E-state index contributed by atoms with van der Waals surface area (Å²) in [5, 5.41) is 0. The number of aromatic nitrogens is 2. The van der Waals surface area contributed by atoms with Crippen molar-refractivity contribution in [3.63, 3.8) is 0 Å². The highest BCUT2D eigenvalue weighted by Crippen LogP contribution is 2.41. The van der Waals surface area contributed by atoms with E-state index < -0.39 is 6.43 Å². The van der Waals surface area contributed by atoms with E-state index in [2.05, 4.69) is 9.97 Å². The maximum Gasteiger partial charge on any atom is 0.263 e. The Balaban J connectivity index is 1.52. The summed E-state index contributed by atoms with van der Waals surface area (Å²) in [6.45, 7) is 0. The largest absolute Gasteiger partial charge is 0.332 e. The van der Waals surface area contributed by atoms with Gasteiger partial charge in [-0.1, -0.05) is 0 Å². The van der Waals surface area contributed by atoms with Gasteiger partial charge in [-0.3, -0.25) is 9.59 Å². The molecule has 0 aromatic carbocycles. The van der Waals surface area contributed by atoms with Crippen molar-refractivity contribution in [2.75, 3.05) is 0 Å². The zero-order valence-corrected chi connectivity index (χ0v) is 13.4. The first-order valence-electron chi connectivity index (χ1n) is 8.73. The third kappa shape index (κ3) is 2.84. The summed E-state index contributed by atoms with van der Waals surface area (Å²) >= 11 is 0. The number of nitrogens with zero attached hydrogens (tertiary/aromatic N) is 2. The highest BCUT2D eigenvalue weighted by molar-refractivity contribution is 5.94. The van der Waals surface area contributed by atoms with Gasteiger partial charge in [0.25, 0.3) is 11.5 Å². The normalized spacial score (nSPS) is 29.3. The van der Waals surface area contributed by atoms with Crippen LogP contribution < -0.4 is 5.56 Å². The van der Waals surface area contributed by atoms with E-state index in [-0.39, 0.29) is 41.5 Å². The van der Waals surface area contributed by atoms with Crippen LogP contribution in [0.5, 0.6) is 0 Å². The third-order valence-electron chi connectivity index (χ3n) is 5.59. The lowest BCUT2D eigenvalue weighted by atomic mass is 9.88. The molecule has 1 saturated carbocycles. The van der Waals surface area contributed by atoms with E-state index in [9.17, 15) is 18.4 Å². The number of halogens is 2. The zero-order chi connectivity index (χ0) is 16.8. The molecule has 5 nitrogen and oxygen atoms in total. The van der Waals surface area contributed by atoms with Crippen molar-refractivity contribution in [3.05, 3.63) is 27.9 Å². The minimum absolute atomic E-state index is 0.0255. The molecule has 130 valence electrons. The van der Waals surface area contributed by atoms with Gasteiger partial charge < -0.3 is 9.88 Å². The van der Waals surface area contributed by atoms with Crippen LogP contribution in [-0.2, 0) is 0 Å². The molecule has 1 amide bonds. The summed E-state index contributed by atoms with van der Waals surface area (Å²) in [6.07, 6.45) is 3.95. The predicted octanol–water partition coefficient (Wildman–Crippen LogP) is 2.69. The molecule has 2 bridgehead atoms. The number of carbonyl (C=O) groups excluding carboxylic acids is 1. The van der Waals surface area contributed by atoms with Crippen LogP contribution >= 0.6 is 0 Å². The van der Waals surface area contributed by atoms with Crippen molar-refractivity contribution < 1.29 is 13.6 Å². The van der Waals surface area contributed by atoms with E-state index in [1.54, 1.807) is 4.90 Å². The molecule has 1 N–H and O–H groups in total. The van der Waals surface area contributed by atoms with Crippen LogP contribution in [0.15, 0.2) is 11.0 Å². The number of alkyl halides is 2. The van der Waals surface area contributed by atoms with E-state index in [1.165, 1.54) is 6.20 Å². The van der Waals surface area contributed by atoms with Gasteiger partial charge in [0.1, 0.15) is 11.4 Å². The van der Waals surface area contributed by atoms with Crippen molar-refractivity contribution in [2.45, 2.75) is 69.4 Å². The van der Waals surface area contributed by atoms with Crippen molar-refractivity contribution in [1.82, 2.24) is 14.9 Å². The summed E-state index contributed by atoms with van der Waals surface area (Å²) in [4.78, 5) is 33.8. The minimum atomic E-state index is -2.29. The predicted molar refractivity (Wildman–Crippen MR) is 83.2 cm³/mol. The first-order chi connectivity index (χ1) is 11.5. The Morgan fingerprint density at radius 2 is 1.92 bits per heavy atom. The number of fused-ring (bicyclic) bond motifs is 2. The summed E-state index contributed by atoms with van der Waals surface area (Å²) < 4.78 is 25.3. The second-order valence-electron chi connectivity index (χ2n) is 7.35. The number of H-pyrrole nitrogens is 1. The molecule has 4 rings (SSSR count). The second kappa shape index (κ2) is 5.93. The molecule has 2 saturated heterocycles. The summed E-state index contributed by atoms with van der Waals surface area (Å²) in [7, 11) is 0. The molecule has 0 radical (unpaired) electrons. The molecule has 1 aliphatic carbocycles. The fourth-order valence-electron chi connectivity index (χ4n) is 4.33. The van der Waals surface area contributed by atoms with Gasteiger partial charge in [0, 0.05) is 30.6 Å². The lowest BCUT2D eigenvalue weighted by molar-refractivity contribution is 0.0407. The van der Waals surface area contributed by atoms with Gasteiger partial charge >= 0.3 is 0 Å². The third-order valence-corrected chi connectivity index (χ3v) is 5.59. The van der Waals surface area contributed by atoms with Crippen LogP contribution in [0.1, 0.15) is 67.0 Å². The average molecular weight is 337 g/mol. The van der Waals surface area contributed by atoms with E-state index in [0.29, 0.717) is 24.6 Å². The van der Waals surface area contributed by atoms with E-state index in [1.807, 2.05) is 0 Å². The van der Waals surface area contributed by atoms with Crippen LogP contribution in [0, 0.1) is 5.92 Å². The lowest BCUT2D eigenvalue weighted by Gasteiger charge is -2.38. The molecule has 3 fully saturated rings. The van der Waals surface area contributed by atoms with Gasteiger partial charge in [0.05, 0.1) is 0 Å². The lowest BCUT2D eigenvalue weighted by Crippen LogP contribution is -2.48. The molecule has 0 spiro atoms. The van der Waals surface area contributed by atoms with Crippen molar-refractivity contribution in [1.29, 1.82) is 0 Å². The molecule has 3 aliphatic rings. The van der Waals surface area contributed by atoms with Crippen LogP contribution in [0.4, 0.5) is 8.78 Å². The number of carbonyl (C=O) groups is 1. The molecular weight excluding hydrogens is 316 g/mol. The van der Waals surface area contributed by atoms with Crippen molar-refractivity contribution >= 4 is 5.91 Å². The topological polar surface area (TPSA) is 66.1 Å². The molecular formula is C17H21F2N3O2. The summed E-state index contributed by atoms with van der Waals surface area (Å²) in [6, 6.07) is -0.0509. The number of nitrogens with one attached hydrogen (secondary N) is 1. The smallest absolute Gasteiger partial charge is 0.263 e. The van der Waals surface area contributed by atoms with Gasteiger partial charge in [0.2, 0.25) is 6.43 Å². The Bertz CT molecular complexity index is 687. The van der Waals surface area contributed by atoms with Gasteiger partial charge in [-0.05, 0) is 44.4 Å². The zero-order valence-electron chi connectivity index (χ0n) is 13.4.